The molecular weight excluding hydrogens is 572 g/mol. The van der Waals surface area contributed by atoms with Gasteiger partial charge in [0, 0.05) is 24.2 Å². The van der Waals surface area contributed by atoms with Gasteiger partial charge in [-0.2, -0.15) is 0 Å². The van der Waals surface area contributed by atoms with Crippen LogP contribution in [0.15, 0.2) is 41.5 Å². The van der Waals surface area contributed by atoms with Crippen LogP contribution in [0.4, 0.5) is 4.79 Å². The first-order valence-electron chi connectivity index (χ1n) is 15.1. The van der Waals surface area contributed by atoms with Gasteiger partial charge >= 0.3 is 18.1 Å². The Morgan fingerprint density at radius 2 is 1.75 bits per heavy atom. The Kier molecular flexibility index (Phi) is 8.00. The predicted molar refractivity (Wildman–Crippen MR) is 154 cm³/mol. The highest BCUT2D eigenvalue weighted by Crippen LogP contribution is 2.65. The lowest BCUT2D eigenvalue weighted by Crippen LogP contribution is -2.80. The summed E-state index contributed by atoms with van der Waals surface area (Å²) < 4.78 is 29.2. The minimum Gasteiger partial charge on any atom is -0.455 e. The van der Waals surface area contributed by atoms with E-state index in [2.05, 4.69) is 0 Å². The smallest absolute Gasteiger partial charge is 0.455 e. The summed E-state index contributed by atoms with van der Waals surface area (Å²) in [5, 5.41) is 24.4. The molecule has 0 spiro atoms. The van der Waals surface area contributed by atoms with Crippen LogP contribution in [0, 0.1) is 22.7 Å². The number of aliphatic hydroxyl groups is 2. The van der Waals surface area contributed by atoms with E-state index in [1.165, 1.54) is 6.92 Å². The van der Waals surface area contributed by atoms with E-state index >= 15 is 4.79 Å². The van der Waals surface area contributed by atoms with Crippen LogP contribution in [0.5, 0.6) is 0 Å². The number of fused-ring (bicyclic) bond motifs is 5. The lowest BCUT2D eigenvalue weighted by molar-refractivity contribution is -0.338. The first-order valence-corrected chi connectivity index (χ1v) is 15.1. The molecule has 9 atom stereocenters. The summed E-state index contributed by atoms with van der Waals surface area (Å²) in [6.07, 6.45) is -5.94. The summed E-state index contributed by atoms with van der Waals surface area (Å²) in [5.41, 5.74) is -5.64. The Bertz CT molecular complexity index is 1380. The maximum atomic E-state index is 15.0. The van der Waals surface area contributed by atoms with E-state index in [4.69, 9.17) is 23.7 Å². The average Bonchev–Trinajstić information content (AvgIpc) is 2.95. The molecule has 0 amide bonds. The van der Waals surface area contributed by atoms with E-state index < -0.39 is 82.2 Å². The summed E-state index contributed by atoms with van der Waals surface area (Å²) in [4.78, 5) is 54.4. The topological polar surface area (TPSA) is 155 Å². The van der Waals surface area contributed by atoms with Crippen molar-refractivity contribution in [1.29, 1.82) is 0 Å². The minimum absolute atomic E-state index is 0.0231. The molecule has 1 unspecified atom stereocenters. The van der Waals surface area contributed by atoms with Crippen LogP contribution >= 0.6 is 0 Å². The number of ether oxygens (including phenoxy) is 5. The number of hydrogen-bond donors (Lipinski definition) is 2. The van der Waals surface area contributed by atoms with Crippen molar-refractivity contribution < 1.29 is 53.1 Å². The third-order valence-electron chi connectivity index (χ3n) is 10.9. The summed E-state index contributed by atoms with van der Waals surface area (Å²) >= 11 is 0. The van der Waals surface area contributed by atoms with Crippen molar-refractivity contribution in [3.05, 3.63) is 47.0 Å². The highest BCUT2D eigenvalue weighted by molar-refractivity contribution is 5.95. The standard InChI is InChI=1S/C33H42O11/c1-8-40-29(38)44-32-16-41-22(32)14-17(2)31(7)25(32)27(43-28(37)20-12-10-9-11-13-20)33(39)15-21(35)18(3)23(30(33,5)6)24(26(31)36)42-19(4)34/h9-13,17,21-22,24-25,27,35,39H,8,14-16H2,1-7H3/t17-,21-,22+,24+,25?,27-,31+,32-,33+/m0/s1. The summed E-state index contributed by atoms with van der Waals surface area (Å²) in [5.74, 6) is -3.67. The molecule has 0 aromatic heterocycles. The van der Waals surface area contributed by atoms with Gasteiger partial charge in [0.05, 0.1) is 30.8 Å². The molecule has 2 N–H and O–H groups in total. The van der Waals surface area contributed by atoms with Crippen LogP contribution in [0.2, 0.25) is 0 Å². The molecule has 2 saturated carbocycles. The number of Topliss-reactive ketones (excluding diaryl/α,β-unsaturated/α-hetero) is 1. The van der Waals surface area contributed by atoms with Crippen molar-refractivity contribution in [3.8, 4) is 0 Å². The molecule has 1 saturated heterocycles. The molecule has 4 aliphatic rings. The first kappa shape index (κ1) is 32.1. The Morgan fingerprint density at radius 1 is 1.09 bits per heavy atom. The zero-order valence-corrected chi connectivity index (χ0v) is 26.2. The lowest BCUT2D eigenvalue weighted by atomic mass is 9.43. The number of carbonyl (C=O) groups is 4. The van der Waals surface area contributed by atoms with E-state index in [-0.39, 0.29) is 37.2 Å². The number of benzene rings is 1. The fourth-order valence-corrected chi connectivity index (χ4v) is 8.24. The second-order valence-electron chi connectivity index (χ2n) is 13.3. The number of aliphatic hydroxyl groups excluding tert-OH is 1. The van der Waals surface area contributed by atoms with E-state index in [0.717, 1.165) is 0 Å². The van der Waals surface area contributed by atoms with Crippen LogP contribution in [0.25, 0.3) is 0 Å². The van der Waals surface area contributed by atoms with Gasteiger partial charge in [0.1, 0.15) is 17.8 Å². The minimum atomic E-state index is -2.04. The van der Waals surface area contributed by atoms with Gasteiger partial charge in [-0.15, -0.1) is 0 Å². The summed E-state index contributed by atoms with van der Waals surface area (Å²) in [6, 6.07) is 8.21. The number of rotatable bonds is 5. The molecule has 3 aliphatic carbocycles. The largest absolute Gasteiger partial charge is 0.509 e. The molecule has 3 fully saturated rings. The third-order valence-corrected chi connectivity index (χ3v) is 10.9. The van der Waals surface area contributed by atoms with Crippen LogP contribution in [-0.2, 0) is 33.3 Å². The molecule has 1 aliphatic heterocycles. The average molecular weight is 615 g/mol. The van der Waals surface area contributed by atoms with E-state index in [1.54, 1.807) is 65.0 Å². The summed E-state index contributed by atoms with van der Waals surface area (Å²) in [7, 11) is 0. The molecule has 11 nitrogen and oxygen atoms in total. The van der Waals surface area contributed by atoms with Crippen LogP contribution < -0.4 is 0 Å². The quantitative estimate of drug-likeness (QED) is 0.284. The highest BCUT2D eigenvalue weighted by atomic mass is 16.8. The maximum Gasteiger partial charge on any atom is 0.509 e. The van der Waals surface area contributed by atoms with Gasteiger partial charge in [-0.25, -0.2) is 9.59 Å². The molecule has 5 rings (SSSR count). The molecule has 1 heterocycles. The number of carbonyl (C=O) groups excluding carboxylic acids is 4. The molecule has 0 radical (unpaired) electrons. The van der Waals surface area contributed by atoms with Crippen molar-refractivity contribution in [3.63, 3.8) is 0 Å². The normalized spacial score (nSPS) is 39.0. The molecule has 11 heteroatoms. The SMILES string of the molecule is CCOC(=O)O[C@@]12CO[C@@H]1C[C@H](C)[C@@]1(C)C(=O)[C@H](OC(C)=O)C3=C(C)[C@@H](O)C[C@@](O)([C@@H](OC(=O)c4ccccc4)C12)C3(C)C. The van der Waals surface area contributed by atoms with Crippen molar-refractivity contribution >= 4 is 23.9 Å². The van der Waals surface area contributed by atoms with Crippen molar-refractivity contribution in [2.45, 2.75) is 96.9 Å². The van der Waals surface area contributed by atoms with Crippen LogP contribution in [-0.4, -0.2) is 82.9 Å². The second-order valence-corrected chi connectivity index (χ2v) is 13.3. The number of ketones is 1. The van der Waals surface area contributed by atoms with Gasteiger partial charge in [0.15, 0.2) is 17.5 Å². The Balaban J connectivity index is 1.83. The fourth-order valence-electron chi connectivity index (χ4n) is 8.24. The molecular formula is C33H42O11. The van der Waals surface area contributed by atoms with Gasteiger partial charge in [-0.05, 0) is 49.5 Å². The zero-order chi connectivity index (χ0) is 32.4. The molecule has 2 bridgehead atoms. The highest BCUT2D eigenvalue weighted by Gasteiger charge is 2.77. The number of esters is 2. The first-order chi connectivity index (χ1) is 20.6. The number of hydrogen-bond acceptors (Lipinski definition) is 11. The van der Waals surface area contributed by atoms with Crippen molar-refractivity contribution in [2.75, 3.05) is 13.2 Å². The van der Waals surface area contributed by atoms with E-state index in [1.807, 2.05) is 6.92 Å². The molecule has 1 aromatic rings. The zero-order valence-electron chi connectivity index (χ0n) is 26.2. The monoisotopic (exact) mass is 614 g/mol. The van der Waals surface area contributed by atoms with Crippen molar-refractivity contribution in [1.82, 2.24) is 0 Å². The van der Waals surface area contributed by atoms with E-state index in [0.29, 0.717) is 5.57 Å². The summed E-state index contributed by atoms with van der Waals surface area (Å²) in [6.45, 7) is 11.2. The van der Waals surface area contributed by atoms with E-state index in [9.17, 15) is 24.6 Å². The van der Waals surface area contributed by atoms with Gasteiger partial charge < -0.3 is 33.9 Å². The predicted octanol–water partition coefficient (Wildman–Crippen LogP) is 3.54. The second kappa shape index (κ2) is 11.0. The van der Waals surface area contributed by atoms with Crippen molar-refractivity contribution in [2.24, 2.45) is 22.7 Å². The lowest BCUT2D eigenvalue weighted by Gasteiger charge is -2.67. The Hall–Kier alpha value is -3.28. The van der Waals surface area contributed by atoms with Gasteiger partial charge in [0.25, 0.3) is 0 Å². The van der Waals surface area contributed by atoms with Gasteiger partial charge in [-0.1, -0.05) is 45.9 Å². The Morgan fingerprint density at radius 3 is 2.32 bits per heavy atom. The third kappa shape index (κ3) is 4.49. The fraction of sp³-hybridized carbons (Fsp3) is 0.636. The maximum absolute atomic E-state index is 15.0. The van der Waals surface area contributed by atoms with Crippen LogP contribution in [0.1, 0.15) is 71.7 Å². The van der Waals surface area contributed by atoms with Crippen LogP contribution in [0.3, 0.4) is 0 Å². The molecule has 240 valence electrons. The van der Waals surface area contributed by atoms with Gasteiger partial charge in [-0.3, -0.25) is 9.59 Å². The molecule has 1 aromatic carbocycles. The molecule has 44 heavy (non-hydrogen) atoms. The van der Waals surface area contributed by atoms with Gasteiger partial charge in [0.2, 0.25) is 0 Å². The Labute approximate surface area is 256 Å².